The summed E-state index contributed by atoms with van der Waals surface area (Å²) in [7, 11) is 1.13. The van der Waals surface area contributed by atoms with Crippen molar-refractivity contribution in [3.05, 3.63) is 122 Å². The Morgan fingerprint density at radius 1 is 0.457 bits per heavy atom. The van der Waals surface area contributed by atoms with Gasteiger partial charge >= 0.3 is 11.9 Å². The van der Waals surface area contributed by atoms with Crippen molar-refractivity contribution in [1.82, 2.24) is 0 Å². The summed E-state index contributed by atoms with van der Waals surface area (Å²) in [6.45, 7) is 4.03. The van der Waals surface area contributed by atoms with Crippen LogP contribution >= 0.6 is 7.82 Å². The first-order valence-corrected chi connectivity index (χ1v) is 28.7. The van der Waals surface area contributed by atoms with Crippen LogP contribution in [-0.2, 0) is 32.7 Å². The van der Waals surface area contributed by atoms with Crippen molar-refractivity contribution in [1.29, 1.82) is 0 Å². The Balaban J connectivity index is 4.17. The number of phosphoric ester groups is 1. The number of rotatable bonds is 48. The molecule has 0 fully saturated rings. The van der Waals surface area contributed by atoms with Crippen molar-refractivity contribution >= 4 is 19.8 Å². The van der Waals surface area contributed by atoms with Crippen molar-refractivity contribution in [3.63, 3.8) is 0 Å². The van der Waals surface area contributed by atoms with Crippen molar-refractivity contribution in [2.75, 3.05) is 47.5 Å². The zero-order valence-corrected chi connectivity index (χ0v) is 45.8. The number of unbranched alkanes of at least 4 members (excludes halogenated alkanes) is 14. The van der Waals surface area contributed by atoms with Crippen LogP contribution in [0.15, 0.2) is 122 Å². The minimum Gasteiger partial charge on any atom is -0.756 e. The molecule has 0 aliphatic heterocycles. The number of hydrogen-bond donors (Lipinski definition) is 0. The standard InChI is InChI=1S/C60H100NO8P/c1-6-8-10-12-14-16-18-19-20-21-22-23-24-25-26-27-28-29-30-31-32-33-34-35-36-37-38-39-40-41-43-45-47-49-51-53-60(63)69-58(57-68-70(64,65)67-55-54-61(3,4)5)56-66-59(62)52-50-48-46-44-42-17-15-13-11-9-7-2/h8,10,13-16,19-20,22-23,25-26,28-29,31-32,34-35,37-38,58H,6-7,9,11-12,17-18,21,24,27,30,33,36,39-57H2,1-5H3/b10-8-,15-13-,16-14-,20-19-,23-22-,26-25-,29-28-,32-31-,35-34-,38-37-. The highest BCUT2D eigenvalue weighted by Gasteiger charge is 2.21. The van der Waals surface area contributed by atoms with Crippen molar-refractivity contribution in [2.45, 2.75) is 200 Å². The molecule has 0 saturated heterocycles. The first kappa shape index (κ1) is 66.4. The molecule has 0 saturated carbocycles. The first-order chi connectivity index (χ1) is 34.0. The molecule has 0 aromatic heterocycles. The third-order valence-corrected chi connectivity index (χ3v) is 11.9. The van der Waals surface area contributed by atoms with Gasteiger partial charge in [0.1, 0.15) is 19.8 Å². The average Bonchev–Trinajstić information content (AvgIpc) is 3.32. The molecule has 2 atom stereocenters. The molecule has 0 aliphatic rings. The number of quaternary nitrogens is 1. The lowest BCUT2D eigenvalue weighted by Gasteiger charge is -2.28. The molecule has 0 aliphatic carbocycles. The number of carbonyl (C=O) groups is 2. The summed E-state index contributed by atoms with van der Waals surface area (Å²) >= 11 is 0. The van der Waals surface area contributed by atoms with E-state index in [1.807, 2.05) is 21.1 Å². The van der Waals surface area contributed by atoms with E-state index in [9.17, 15) is 19.0 Å². The van der Waals surface area contributed by atoms with E-state index >= 15 is 0 Å². The molecular formula is C60H100NO8P. The summed E-state index contributed by atoms with van der Waals surface area (Å²) in [6.07, 6.45) is 71.1. The summed E-state index contributed by atoms with van der Waals surface area (Å²) in [5, 5.41) is 0. The Labute approximate surface area is 428 Å². The van der Waals surface area contributed by atoms with E-state index in [0.717, 1.165) is 128 Å². The maximum atomic E-state index is 12.7. The second kappa shape index (κ2) is 50.4. The molecule has 398 valence electrons. The topological polar surface area (TPSA) is 111 Å². The SMILES string of the molecule is CC/C=C\C/C=C\C/C=C\C/C=C\C/C=C\C/C=C\C/C=C\C/C=C\C/C=C\CCCCCCCCCC(=O)OC(COC(=O)CCCCCCC/C=C\CCCC)COP(=O)([O-])OCC[N+](C)(C)C. The fraction of sp³-hybridized carbons (Fsp3) is 0.633. The maximum Gasteiger partial charge on any atom is 0.306 e. The zero-order valence-electron chi connectivity index (χ0n) is 44.9. The molecule has 0 spiro atoms. The van der Waals surface area contributed by atoms with Gasteiger partial charge in [-0.15, -0.1) is 0 Å². The van der Waals surface area contributed by atoms with E-state index in [-0.39, 0.29) is 26.1 Å². The molecule has 0 radical (unpaired) electrons. The predicted octanol–water partition coefficient (Wildman–Crippen LogP) is 16.2. The molecule has 0 aromatic carbocycles. The van der Waals surface area contributed by atoms with Crippen LogP contribution in [0.3, 0.4) is 0 Å². The second-order valence-corrected chi connectivity index (χ2v) is 20.3. The third-order valence-electron chi connectivity index (χ3n) is 11.0. The summed E-state index contributed by atoms with van der Waals surface area (Å²) < 4.78 is 34.0. The zero-order chi connectivity index (χ0) is 51.3. The lowest BCUT2D eigenvalue weighted by Crippen LogP contribution is -2.37. The minimum atomic E-state index is -4.64. The normalized spacial score (nSPS) is 14.3. The molecule has 0 amide bonds. The highest BCUT2D eigenvalue weighted by atomic mass is 31.2. The molecule has 10 heteroatoms. The van der Waals surface area contributed by atoms with Crippen LogP contribution in [0.25, 0.3) is 0 Å². The van der Waals surface area contributed by atoms with Crippen molar-refractivity contribution in [3.8, 4) is 0 Å². The number of nitrogens with zero attached hydrogens (tertiary/aromatic N) is 1. The fourth-order valence-corrected chi connectivity index (χ4v) is 7.47. The van der Waals surface area contributed by atoms with Gasteiger partial charge in [-0.05, 0) is 103 Å². The Morgan fingerprint density at radius 2 is 0.814 bits per heavy atom. The molecule has 70 heavy (non-hydrogen) atoms. The Morgan fingerprint density at radius 3 is 1.23 bits per heavy atom. The highest BCUT2D eigenvalue weighted by Crippen LogP contribution is 2.38. The largest absolute Gasteiger partial charge is 0.756 e. The lowest BCUT2D eigenvalue weighted by molar-refractivity contribution is -0.870. The van der Waals surface area contributed by atoms with E-state index in [4.69, 9.17) is 18.5 Å². The lowest BCUT2D eigenvalue weighted by atomic mass is 10.1. The number of phosphoric acid groups is 1. The van der Waals surface area contributed by atoms with Crippen LogP contribution in [0.1, 0.15) is 194 Å². The van der Waals surface area contributed by atoms with Gasteiger partial charge < -0.3 is 27.9 Å². The average molecular weight is 994 g/mol. The Kier molecular flexibility index (Phi) is 47.8. The molecule has 0 bridgehead atoms. The van der Waals surface area contributed by atoms with E-state index in [2.05, 4.69) is 135 Å². The van der Waals surface area contributed by atoms with Gasteiger partial charge in [-0.1, -0.05) is 200 Å². The maximum absolute atomic E-state index is 12.7. The monoisotopic (exact) mass is 994 g/mol. The van der Waals surface area contributed by atoms with Gasteiger partial charge in [0.2, 0.25) is 0 Å². The number of likely N-dealkylation sites (N-methyl/N-ethyl adjacent to an activating group) is 1. The number of carbonyl (C=O) groups excluding carboxylic acids is 2. The number of esters is 2. The van der Waals surface area contributed by atoms with Crippen LogP contribution in [0, 0.1) is 0 Å². The summed E-state index contributed by atoms with van der Waals surface area (Å²) in [4.78, 5) is 37.6. The molecule has 0 aromatic rings. The van der Waals surface area contributed by atoms with E-state index < -0.39 is 32.5 Å². The molecule has 0 rings (SSSR count). The van der Waals surface area contributed by atoms with E-state index in [1.165, 1.54) is 25.7 Å². The number of ether oxygens (including phenoxy) is 2. The smallest absolute Gasteiger partial charge is 0.306 e. The quantitative estimate of drug-likeness (QED) is 0.0195. The van der Waals surface area contributed by atoms with Gasteiger partial charge in [-0.3, -0.25) is 14.2 Å². The molecule has 0 N–H and O–H groups in total. The highest BCUT2D eigenvalue weighted by molar-refractivity contribution is 7.45. The van der Waals surface area contributed by atoms with Crippen LogP contribution in [-0.4, -0.2) is 70.0 Å². The predicted molar refractivity (Wildman–Crippen MR) is 295 cm³/mol. The molecule has 9 nitrogen and oxygen atoms in total. The van der Waals surface area contributed by atoms with Gasteiger partial charge in [0, 0.05) is 12.8 Å². The second-order valence-electron chi connectivity index (χ2n) is 18.9. The third kappa shape index (κ3) is 53.8. The van der Waals surface area contributed by atoms with E-state index in [1.54, 1.807) is 0 Å². The van der Waals surface area contributed by atoms with Gasteiger partial charge in [0.05, 0.1) is 27.7 Å². The van der Waals surface area contributed by atoms with E-state index in [0.29, 0.717) is 23.9 Å². The minimum absolute atomic E-state index is 0.0406. The number of hydrogen-bond acceptors (Lipinski definition) is 8. The van der Waals surface area contributed by atoms with Gasteiger partial charge in [0.25, 0.3) is 7.82 Å². The molecular weight excluding hydrogens is 894 g/mol. The summed E-state index contributed by atoms with van der Waals surface area (Å²) in [5.41, 5.74) is 0. The molecule has 2 unspecified atom stereocenters. The van der Waals surface area contributed by atoms with Gasteiger partial charge in [-0.2, -0.15) is 0 Å². The number of allylic oxidation sites excluding steroid dienone is 20. The van der Waals surface area contributed by atoms with Crippen LogP contribution in [0.2, 0.25) is 0 Å². The van der Waals surface area contributed by atoms with Crippen molar-refractivity contribution < 1.29 is 42.1 Å². The fourth-order valence-electron chi connectivity index (χ4n) is 6.74. The Bertz CT molecular complexity index is 1590. The summed E-state index contributed by atoms with van der Waals surface area (Å²) in [6, 6.07) is 0. The van der Waals surface area contributed by atoms with Crippen LogP contribution in [0.5, 0.6) is 0 Å². The van der Waals surface area contributed by atoms with Crippen LogP contribution < -0.4 is 4.89 Å². The Hall–Kier alpha value is -3.59. The first-order valence-electron chi connectivity index (χ1n) is 27.2. The molecule has 0 heterocycles. The van der Waals surface area contributed by atoms with Crippen molar-refractivity contribution in [2.24, 2.45) is 0 Å². The van der Waals surface area contributed by atoms with Crippen LogP contribution in [0.4, 0.5) is 0 Å². The van der Waals surface area contributed by atoms with Gasteiger partial charge in [0.15, 0.2) is 6.10 Å². The van der Waals surface area contributed by atoms with Gasteiger partial charge in [-0.25, -0.2) is 0 Å². The summed E-state index contributed by atoms with van der Waals surface area (Å²) in [5.74, 6) is -0.868.